The van der Waals surface area contributed by atoms with Gasteiger partial charge in [0.1, 0.15) is 11.9 Å². The molecule has 4 nitrogen and oxygen atoms in total. The quantitative estimate of drug-likeness (QED) is 0.862. The fraction of sp³-hybridized carbons (Fsp3) is 0.500. The Bertz CT molecular complexity index is 381. The van der Waals surface area contributed by atoms with E-state index in [0.29, 0.717) is 0 Å². The van der Waals surface area contributed by atoms with E-state index in [9.17, 15) is 4.79 Å². The van der Waals surface area contributed by atoms with E-state index in [-0.39, 0.29) is 18.2 Å². The number of urea groups is 1. The highest BCUT2D eigenvalue weighted by atomic mass is 16.5. The van der Waals surface area contributed by atoms with Crippen LogP contribution < -0.4 is 15.4 Å². The number of rotatable bonds is 3. The summed E-state index contributed by atoms with van der Waals surface area (Å²) in [5.41, 5.74) is 0. The van der Waals surface area contributed by atoms with E-state index in [4.69, 9.17) is 4.74 Å². The lowest BCUT2D eigenvalue weighted by Gasteiger charge is -2.32. The van der Waals surface area contributed by atoms with Crippen molar-refractivity contribution in [3.8, 4) is 5.75 Å². The van der Waals surface area contributed by atoms with Crippen LogP contribution in [0.2, 0.25) is 0 Å². The van der Waals surface area contributed by atoms with Gasteiger partial charge < -0.3 is 15.4 Å². The number of carbonyl (C=O) groups is 1. The van der Waals surface area contributed by atoms with Crippen LogP contribution in [0.4, 0.5) is 4.79 Å². The third-order valence-corrected chi connectivity index (χ3v) is 3.28. The molecule has 2 N–H and O–H groups in total. The molecule has 18 heavy (non-hydrogen) atoms. The largest absolute Gasteiger partial charge is 0.488 e. The molecule has 1 aromatic carbocycles. The predicted octanol–water partition coefficient (Wildman–Crippen LogP) is 2.31. The van der Waals surface area contributed by atoms with Crippen molar-refractivity contribution in [2.75, 3.05) is 7.05 Å². The van der Waals surface area contributed by atoms with E-state index in [1.54, 1.807) is 7.05 Å². The zero-order valence-electron chi connectivity index (χ0n) is 10.7. The van der Waals surface area contributed by atoms with Crippen molar-refractivity contribution in [3.63, 3.8) is 0 Å². The topological polar surface area (TPSA) is 50.4 Å². The average Bonchev–Trinajstić information content (AvgIpc) is 2.42. The molecule has 0 saturated heterocycles. The van der Waals surface area contributed by atoms with Gasteiger partial charge in [0.15, 0.2) is 0 Å². The maximum absolute atomic E-state index is 11.4. The van der Waals surface area contributed by atoms with Crippen LogP contribution >= 0.6 is 0 Å². The van der Waals surface area contributed by atoms with Gasteiger partial charge in [-0.3, -0.25) is 0 Å². The molecule has 0 spiro atoms. The minimum atomic E-state index is -0.136. The molecule has 2 unspecified atom stereocenters. The second-order valence-electron chi connectivity index (χ2n) is 4.58. The Labute approximate surface area is 108 Å². The summed E-state index contributed by atoms with van der Waals surface area (Å²) >= 11 is 0. The van der Waals surface area contributed by atoms with Gasteiger partial charge in [-0.05, 0) is 31.4 Å². The molecule has 2 rings (SSSR count). The van der Waals surface area contributed by atoms with Gasteiger partial charge in [-0.25, -0.2) is 4.79 Å². The third kappa shape index (κ3) is 3.39. The minimum absolute atomic E-state index is 0.0680. The van der Waals surface area contributed by atoms with Gasteiger partial charge in [0.05, 0.1) is 6.04 Å². The molecule has 0 bridgehead atoms. The molecule has 2 atom stereocenters. The molecule has 0 heterocycles. The van der Waals surface area contributed by atoms with Crippen LogP contribution in [-0.2, 0) is 0 Å². The maximum Gasteiger partial charge on any atom is 0.314 e. The predicted molar refractivity (Wildman–Crippen MR) is 70.7 cm³/mol. The van der Waals surface area contributed by atoms with E-state index in [1.165, 1.54) is 0 Å². The summed E-state index contributed by atoms with van der Waals surface area (Å²) in [6.07, 6.45) is 4.33. The lowest BCUT2D eigenvalue weighted by Crippen LogP contribution is -2.50. The first-order valence-electron chi connectivity index (χ1n) is 6.49. The number of benzene rings is 1. The summed E-state index contributed by atoms with van der Waals surface area (Å²) in [6, 6.07) is 9.74. The van der Waals surface area contributed by atoms with Gasteiger partial charge >= 0.3 is 6.03 Å². The lowest BCUT2D eigenvalue weighted by atomic mass is 9.92. The molecule has 1 fully saturated rings. The molecule has 1 aliphatic carbocycles. The Morgan fingerprint density at radius 2 is 1.94 bits per heavy atom. The zero-order valence-corrected chi connectivity index (χ0v) is 10.7. The van der Waals surface area contributed by atoms with Gasteiger partial charge in [-0.1, -0.05) is 24.6 Å². The van der Waals surface area contributed by atoms with E-state index in [2.05, 4.69) is 10.6 Å². The van der Waals surface area contributed by atoms with Gasteiger partial charge in [0.25, 0.3) is 0 Å². The molecular formula is C14H20N2O2. The van der Waals surface area contributed by atoms with E-state index in [0.717, 1.165) is 31.4 Å². The Balaban J connectivity index is 1.97. The number of ether oxygens (including phenoxy) is 1. The smallest absolute Gasteiger partial charge is 0.314 e. The average molecular weight is 248 g/mol. The van der Waals surface area contributed by atoms with Crippen molar-refractivity contribution >= 4 is 6.03 Å². The molecule has 0 radical (unpaired) electrons. The molecule has 0 aliphatic heterocycles. The van der Waals surface area contributed by atoms with Crippen LogP contribution in [0, 0.1) is 0 Å². The van der Waals surface area contributed by atoms with E-state index >= 15 is 0 Å². The fourth-order valence-electron chi connectivity index (χ4n) is 2.32. The number of amides is 2. The van der Waals surface area contributed by atoms with Crippen LogP contribution in [0.15, 0.2) is 30.3 Å². The molecule has 98 valence electrons. The van der Waals surface area contributed by atoms with Gasteiger partial charge in [-0.2, -0.15) is 0 Å². The molecular weight excluding hydrogens is 228 g/mol. The van der Waals surface area contributed by atoms with Crippen molar-refractivity contribution in [3.05, 3.63) is 30.3 Å². The van der Waals surface area contributed by atoms with Crippen LogP contribution in [0.3, 0.4) is 0 Å². The second-order valence-corrected chi connectivity index (χ2v) is 4.58. The van der Waals surface area contributed by atoms with Crippen molar-refractivity contribution in [2.45, 2.75) is 37.8 Å². The van der Waals surface area contributed by atoms with Crippen molar-refractivity contribution in [1.82, 2.24) is 10.6 Å². The van der Waals surface area contributed by atoms with Gasteiger partial charge in [0, 0.05) is 7.05 Å². The van der Waals surface area contributed by atoms with Crippen LogP contribution in [-0.4, -0.2) is 25.2 Å². The summed E-state index contributed by atoms with van der Waals surface area (Å²) in [5.74, 6) is 0.869. The number of para-hydroxylation sites is 1. The van der Waals surface area contributed by atoms with Crippen LogP contribution in [0.5, 0.6) is 5.75 Å². The standard InChI is InChI=1S/C14H20N2O2/c1-15-14(17)16-12-9-5-6-10-13(12)18-11-7-3-2-4-8-11/h2-4,7-8,12-13H,5-6,9-10H2,1H3,(H2,15,16,17). The third-order valence-electron chi connectivity index (χ3n) is 3.28. The molecule has 1 saturated carbocycles. The Morgan fingerprint density at radius 1 is 1.22 bits per heavy atom. The first-order valence-corrected chi connectivity index (χ1v) is 6.49. The van der Waals surface area contributed by atoms with E-state index < -0.39 is 0 Å². The van der Waals surface area contributed by atoms with Gasteiger partial charge in [0.2, 0.25) is 0 Å². The summed E-state index contributed by atoms with van der Waals surface area (Å²) in [4.78, 5) is 11.4. The normalized spacial score (nSPS) is 23.2. The number of nitrogens with one attached hydrogen (secondary N) is 2. The molecule has 0 aromatic heterocycles. The first kappa shape index (κ1) is 12.7. The van der Waals surface area contributed by atoms with Crippen molar-refractivity contribution in [2.24, 2.45) is 0 Å². The summed E-state index contributed by atoms with van der Waals surface area (Å²) in [5, 5.41) is 5.55. The highest BCUT2D eigenvalue weighted by Crippen LogP contribution is 2.23. The highest BCUT2D eigenvalue weighted by molar-refractivity contribution is 5.73. The SMILES string of the molecule is CNC(=O)NC1CCCCC1Oc1ccccc1. The van der Waals surface area contributed by atoms with Crippen molar-refractivity contribution in [1.29, 1.82) is 0 Å². The summed E-state index contributed by atoms with van der Waals surface area (Å²) in [7, 11) is 1.63. The molecule has 4 heteroatoms. The van der Waals surface area contributed by atoms with Crippen molar-refractivity contribution < 1.29 is 9.53 Å². The second kappa shape index (κ2) is 6.28. The maximum atomic E-state index is 11.4. The molecule has 1 aromatic rings. The Kier molecular flexibility index (Phi) is 4.45. The first-order chi connectivity index (χ1) is 8.79. The Hall–Kier alpha value is -1.71. The minimum Gasteiger partial charge on any atom is -0.488 e. The van der Waals surface area contributed by atoms with Crippen LogP contribution in [0.25, 0.3) is 0 Å². The monoisotopic (exact) mass is 248 g/mol. The number of hydrogen-bond donors (Lipinski definition) is 2. The molecule has 2 amide bonds. The highest BCUT2D eigenvalue weighted by Gasteiger charge is 2.27. The lowest BCUT2D eigenvalue weighted by molar-refractivity contribution is 0.117. The number of hydrogen-bond acceptors (Lipinski definition) is 2. The number of carbonyl (C=O) groups excluding carboxylic acids is 1. The molecule has 1 aliphatic rings. The zero-order chi connectivity index (χ0) is 12.8. The van der Waals surface area contributed by atoms with Crippen LogP contribution in [0.1, 0.15) is 25.7 Å². The van der Waals surface area contributed by atoms with E-state index in [1.807, 2.05) is 30.3 Å². The Morgan fingerprint density at radius 3 is 2.67 bits per heavy atom. The summed E-state index contributed by atoms with van der Waals surface area (Å²) < 4.78 is 5.97. The summed E-state index contributed by atoms with van der Waals surface area (Å²) in [6.45, 7) is 0. The van der Waals surface area contributed by atoms with Gasteiger partial charge in [-0.15, -0.1) is 0 Å². The fourth-order valence-corrected chi connectivity index (χ4v) is 2.32.